The second-order valence-electron chi connectivity index (χ2n) is 3.18. The van der Waals surface area contributed by atoms with Gasteiger partial charge in [0.25, 0.3) is 0 Å². The zero-order valence-corrected chi connectivity index (χ0v) is 9.59. The number of benzene rings is 1. The average Bonchev–Trinajstić information content (AvgIpc) is 2.24. The number of nitrogens with one attached hydrogen (secondary N) is 1. The molecule has 0 spiro atoms. The SMILES string of the molecule is OCC(CO)NCc1cc(Cl)ccc1Cl. The molecule has 3 nitrogen and oxygen atoms in total. The fourth-order valence-electron chi connectivity index (χ4n) is 1.12. The van der Waals surface area contributed by atoms with Crippen LogP contribution >= 0.6 is 23.2 Å². The quantitative estimate of drug-likeness (QED) is 0.741. The highest BCUT2D eigenvalue weighted by atomic mass is 35.5. The smallest absolute Gasteiger partial charge is 0.0607 e. The molecule has 1 aromatic rings. The molecule has 15 heavy (non-hydrogen) atoms. The third-order valence-electron chi connectivity index (χ3n) is 2.03. The summed E-state index contributed by atoms with van der Waals surface area (Å²) in [5.41, 5.74) is 0.844. The van der Waals surface area contributed by atoms with Gasteiger partial charge in [-0.3, -0.25) is 0 Å². The summed E-state index contributed by atoms with van der Waals surface area (Å²) in [4.78, 5) is 0. The van der Waals surface area contributed by atoms with Crippen molar-refractivity contribution in [3.63, 3.8) is 0 Å². The van der Waals surface area contributed by atoms with Gasteiger partial charge in [-0.15, -0.1) is 0 Å². The molecule has 3 N–H and O–H groups in total. The van der Waals surface area contributed by atoms with Crippen molar-refractivity contribution in [1.29, 1.82) is 0 Å². The van der Waals surface area contributed by atoms with Crippen LogP contribution < -0.4 is 5.32 Å². The Balaban J connectivity index is 2.60. The second kappa shape index (κ2) is 6.30. The molecule has 0 saturated heterocycles. The number of hydrogen-bond acceptors (Lipinski definition) is 3. The second-order valence-corrected chi connectivity index (χ2v) is 4.02. The number of aliphatic hydroxyl groups excluding tert-OH is 2. The van der Waals surface area contributed by atoms with E-state index in [2.05, 4.69) is 5.32 Å². The van der Waals surface area contributed by atoms with Gasteiger partial charge in [-0.05, 0) is 23.8 Å². The summed E-state index contributed by atoms with van der Waals surface area (Å²) in [6, 6.07) is 4.85. The van der Waals surface area contributed by atoms with Gasteiger partial charge in [-0.25, -0.2) is 0 Å². The Morgan fingerprint density at radius 1 is 1.20 bits per heavy atom. The van der Waals surface area contributed by atoms with Crippen LogP contribution in [0.2, 0.25) is 10.0 Å². The van der Waals surface area contributed by atoms with E-state index in [0.717, 1.165) is 5.56 Å². The number of aliphatic hydroxyl groups is 2. The maximum Gasteiger partial charge on any atom is 0.0607 e. The highest BCUT2D eigenvalue weighted by Gasteiger charge is 2.06. The summed E-state index contributed by atoms with van der Waals surface area (Å²) in [6.45, 7) is 0.231. The van der Waals surface area contributed by atoms with Crippen LogP contribution in [0.5, 0.6) is 0 Å². The Labute approximate surface area is 98.6 Å². The molecule has 0 unspecified atom stereocenters. The summed E-state index contributed by atoms with van der Waals surface area (Å²) < 4.78 is 0. The molecule has 0 amide bonds. The predicted molar refractivity (Wildman–Crippen MR) is 61.3 cm³/mol. The van der Waals surface area contributed by atoms with Gasteiger partial charge < -0.3 is 15.5 Å². The van der Waals surface area contributed by atoms with Crippen molar-refractivity contribution in [3.8, 4) is 0 Å². The van der Waals surface area contributed by atoms with Crippen LogP contribution in [-0.4, -0.2) is 29.5 Å². The number of rotatable bonds is 5. The Bertz CT molecular complexity index is 316. The first-order chi connectivity index (χ1) is 7.17. The van der Waals surface area contributed by atoms with Crippen LogP contribution in [-0.2, 0) is 6.54 Å². The van der Waals surface area contributed by atoms with Crippen molar-refractivity contribution < 1.29 is 10.2 Å². The maximum atomic E-state index is 8.85. The lowest BCUT2D eigenvalue weighted by Gasteiger charge is -2.13. The third-order valence-corrected chi connectivity index (χ3v) is 2.63. The molecular formula is C10H13Cl2NO2. The summed E-state index contributed by atoms with van der Waals surface area (Å²) in [5.74, 6) is 0. The van der Waals surface area contributed by atoms with Crippen molar-refractivity contribution >= 4 is 23.2 Å². The normalized spacial score (nSPS) is 11.0. The van der Waals surface area contributed by atoms with Crippen LogP contribution in [0.3, 0.4) is 0 Å². The zero-order chi connectivity index (χ0) is 11.3. The minimum atomic E-state index is -0.333. The summed E-state index contributed by atoms with van der Waals surface area (Å²) in [7, 11) is 0. The lowest BCUT2D eigenvalue weighted by molar-refractivity contribution is 0.170. The third kappa shape index (κ3) is 3.97. The van der Waals surface area contributed by atoms with E-state index in [-0.39, 0.29) is 19.3 Å². The van der Waals surface area contributed by atoms with Gasteiger partial charge in [-0.2, -0.15) is 0 Å². The molecule has 0 saturated carbocycles. The summed E-state index contributed by atoms with van der Waals surface area (Å²) in [5, 5.41) is 21.9. The molecule has 1 aromatic carbocycles. The van der Waals surface area contributed by atoms with Crippen LogP contribution in [0.1, 0.15) is 5.56 Å². The molecule has 0 aliphatic heterocycles. The number of hydrogen-bond donors (Lipinski definition) is 3. The zero-order valence-electron chi connectivity index (χ0n) is 8.08. The molecule has 84 valence electrons. The van der Waals surface area contributed by atoms with E-state index in [9.17, 15) is 0 Å². The van der Waals surface area contributed by atoms with Crippen molar-refractivity contribution in [2.24, 2.45) is 0 Å². The van der Waals surface area contributed by atoms with Crippen molar-refractivity contribution in [2.75, 3.05) is 13.2 Å². The fraction of sp³-hybridized carbons (Fsp3) is 0.400. The Morgan fingerprint density at radius 3 is 2.47 bits per heavy atom. The molecule has 0 radical (unpaired) electrons. The van der Waals surface area contributed by atoms with Gasteiger partial charge in [-0.1, -0.05) is 23.2 Å². The van der Waals surface area contributed by atoms with Crippen LogP contribution in [0, 0.1) is 0 Å². The van der Waals surface area contributed by atoms with Gasteiger partial charge in [0, 0.05) is 16.6 Å². The highest BCUT2D eigenvalue weighted by Crippen LogP contribution is 2.20. The molecule has 5 heteroatoms. The van der Waals surface area contributed by atoms with E-state index >= 15 is 0 Å². The van der Waals surface area contributed by atoms with Gasteiger partial charge >= 0.3 is 0 Å². The van der Waals surface area contributed by atoms with E-state index in [0.29, 0.717) is 16.6 Å². The monoisotopic (exact) mass is 249 g/mol. The van der Waals surface area contributed by atoms with Crippen molar-refractivity contribution in [1.82, 2.24) is 5.32 Å². The molecular weight excluding hydrogens is 237 g/mol. The van der Waals surface area contributed by atoms with Gasteiger partial charge in [0.05, 0.1) is 19.3 Å². The van der Waals surface area contributed by atoms with E-state index in [4.69, 9.17) is 33.4 Å². The number of halogens is 2. The molecule has 1 rings (SSSR count). The average molecular weight is 250 g/mol. The van der Waals surface area contributed by atoms with Crippen LogP contribution in [0.4, 0.5) is 0 Å². The van der Waals surface area contributed by atoms with E-state index in [1.807, 2.05) is 0 Å². The summed E-state index contributed by atoms with van der Waals surface area (Å²) in [6.07, 6.45) is 0. The minimum Gasteiger partial charge on any atom is -0.395 e. The Hall–Kier alpha value is -0.320. The standard InChI is InChI=1S/C10H13Cl2NO2/c11-8-1-2-10(12)7(3-8)4-13-9(5-14)6-15/h1-3,9,13-15H,4-6H2. The molecule has 0 atom stereocenters. The van der Waals surface area contributed by atoms with E-state index < -0.39 is 0 Å². The topological polar surface area (TPSA) is 52.5 Å². The maximum absolute atomic E-state index is 8.85. The van der Waals surface area contributed by atoms with E-state index in [1.54, 1.807) is 18.2 Å². The molecule has 0 bridgehead atoms. The van der Waals surface area contributed by atoms with Crippen LogP contribution in [0.25, 0.3) is 0 Å². The fourth-order valence-corrected chi connectivity index (χ4v) is 1.50. The first-order valence-corrected chi connectivity index (χ1v) is 5.32. The molecule has 0 fully saturated rings. The molecule has 0 aliphatic carbocycles. The minimum absolute atomic E-state index is 0.116. The first kappa shape index (κ1) is 12.7. The molecule has 0 aliphatic rings. The van der Waals surface area contributed by atoms with Gasteiger partial charge in [0.2, 0.25) is 0 Å². The molecule has 0 aromatic heterocycles. The lowest BCUT2D eigenvalue weighted by Crippen LogP contribution is -2.35. The molecule has 0 heterocycles. The van der Waals surface area contributed by atoms with Crippen molar-refractivity contribution in [3.05, 3.63) is 33.8 Å². The highest BCUT2D eigenvalue weighted by molar-refractivity contribution is 6.33. The van der Waals surface area contributed by atoms with E-state index in [1.165, 1.54) is 0 Å². The Kier molecular flexibility index (Phi) is 5.36. The first-order valence-electron chi connectivity index (χ1n) is 4.56. The Morgan fingerprint density at radius 2 is 1.87 bits per heavy atom. The summed E-state index contributed by atoms with van der Waals surface area (Å²) >= 11 is 11.8. The predicted octanol–water partition coefficient (Wildman–Crippen LogP) is 1.44. The van der Waals surface area contributed by atoms with Gasteiger partial charge in [0.1, 0.15) is 0 Å². The largest absolute Gasteiger partial charge is 0.395 e. The van der Waals surface area contributed by atoms with Gasteiger partial charge in [0.15, 0.2) is 0 Å². The lowest BCUT2D eigenvalue weighted by atomic mass is 10.2. The van der Waals surface area contributed by atoms with Crippen LogP contribution in [0.15, 0.2) is 18.2 Å². The van der Waals surface area contributed by atoms with Crippen molar-refractivity contribution in [2.45, 2.75) is 12.6 Å².